The molecular weight excluding hydrogens is 476 g/mol. The second kappa shape index (κ2) is 12.0. The molecule has 36 heavy (non-hydrogen) atoms. The monoisotopic (exact) mass is 516 g/mol. The van der Waals surface area contributed by atoms with Gasteiger partial charge in [0.1, 0.15) is 18.7 Å². The van der Waals surface area contributed by atoms with Crippen molar-refractivity contribution in [2.45, 2.75) is 57.1 Å². The number of piperazine rings is 1. The number of ketones is 1. The number of thioether (sulfide) groups is 1. The first-order chi connectivity index (χ1) is 17.4. The molecule has 3 heterocycles. The number of benzene rings is 1. The van der Waals surface area contributed by atoms with Crippen molar-refractivity contribution in [3.63, 3.8) is 0 Å². The molecule has 0 aromatic heterocycles. The van der Waals surface area contributed by atoms with E-state index in [1.165, 1.54) is 6.42 Å². The van der Waals surface area contributed by atoms with Crippen molar-refractivity contribution in [2.75, 3.05) is 57.0 Å². The van der Waals surface area contributed by atoms with Crippen molar-refractivity contribution in [1.82, 2.24) is 15.1 Å². The maximum Gasteiger partial charge on any atom is 0.251 e. The fraction of sp³-hybridized carbons (Fsp3) is 0.667. The fourth-order valence-corrected chi connectivity index (χ4v) is 6.31. The van der Waals surface area contributed by atoms with Gasteiger partial charge in [-0.25, -0.2) is 0 Å². The molecule has 3 aliphatic heterocycles. The number of hydrogen-bond acceptors (Lipinski definition) is 7. The first-order valence-corrected chi connectivity index (χ1v) is 14.5. The third-order valence-corrected chi connectivity index (χ3v) is 8.92. The van der Waals surface area contributed by atoms with Gasteiger partial charge in [0.05, 0.1) is 11.4 Å². The fourth-order valence-electron chi connectivity index (χ4n) is 5.50. The van der Waals surface area contributed by atoms with Gasteiger partial charge in [0, 0.05) is 44.0 Å². The zero-order valence-corrected chi connectivity index (χ0v) is 22.8. The van der Waals surface area contributed by atoms with Crippen molar-refractivity contribution in [2.24, 2.45) is 5.92 Å². The summed E-state index contributed by atoms with van der Waals surface area (Å²) < 4.78 is 5.71. The molecular formula is C27H40N4O4S. The normalized spacial score (nSPS) is 26.1. The predicted octanol–water partition coefficient (Wildman–Crippen LogP) is 2.27. The molecule has 0 saturated carbocycles. The minimum absolute atomic E-state index is 0.0507. The van der Waals surface area contributed by atoms with E-state index >= 15 is 0 Å². The lowest BCUT2D eigenvalue weighted by Gasteiger charge is -2.36. The third kappa shape index (κ3) is 5.58. The maximum absolute atomic E-state index is 13.7. The summed E-state index contributed by atoms with van der Waals surface area (Å²) >= 11 is 1.62. The minimum Gasteiger partial charge on any atom is -0.369 e. The van der Waals surface area contributed by atoms with Gasteiger partial charge in [0.2, 0.25) is 5.91 Å². The summed E-state index contributed by atoms with van der Waals surface area (Å²) in [5.74, 6) is -0.571. The summed E-state index contributed by atoms with van der Waals surface area (Å²) in [6.45, 7) is 11.9. The zero-order chi connectivity index (χ0) is 25.8. The number of nitrogens with one attached hydrogen (secondary N) is 1. The van der Waals surface area contributed by atoms with E-state index in [0.717, 1.165) is 44.8 Å². The highest BCUT2D eigenvalue weighted by molar-refractivity contribution is 7.99. The molecule has 9 heteroatoms. The lowest BCUT2D eigenvalue weighted by molar-refractivity contribution is -0.139. The predicted molar refractivity (Wildman–Crippen MR) is 144 cm³/mol. The molecule has 3 aliphatic rings. The average Bonchev–Trinajstić information content (AvgIpc) is 3.47. The Labute approximate surface area is 219 Å². The molecule has 4 rings (SSSR count). The van der Waals surface area contributed by atoms with Crippen molar-refractivity contribution in [3.05, 3.63) is 29.8 Å². The molecule has 2 amide bonds. The Balaban J connectivity index is 1.42. The molecule has 0 radical (unpaired) electrons. The molecule has 8 nitrogen and oxygen atoms in total. The van der Waals surface area contributed by atoms with Crippen LogP contribution in [0.25, 0.3) is 0 Å². The summed E-state index contributed by atoms with van der Waals surface area (Å²) in [4.78, 5) is 45.9. The van der Waals surface area contributed by atoms with Crippen molar-refractivity contribution in [3.8, 4) is 0 Å². The van der Waals surface area contributed by atoms with Gasteiger partial charge < -0.3 is 19.9 Å². The van der Waals surface area contributed by atoms with Gasteiger partial charge in [-0.1, -0.05) is 27.2 Å². The number of hydrogen-bond donors (Lipinski definition) is 1. The van der Waals surface area contributed by atoms with Gasteiger partial charge in [-0.15, -0.1) is 0 Å². The number of nitrogens with zero attached hydrogens (tertiary/aromatic N) is 3. The van der Waals surface area contributed by atoms with Crippen LogP contribution in [-0.4, -0.2) is 103 Å². The molecule has 1 aromatic rings. The second-order valence-corrected chi connectivity index (χ2v) is 11.2. The van der Waals surface area contributed by atoms with E-state index in [9.17, 15) is 14.4 Å². The molecule has 3 fully saturated rings. The zero-order valence-electron chi connectivity index (χ0n) is 21.9. The van der Waals surface area contributed by atoms with Gasteiger partial charge in [-0.2, -0.15) is 11.8 Å². The largest absolute Gasteiger partial charge is 0.369 e. The van der Waals surface area contributed by atoms with E-state index in [1.54, 1.807) is 16.7 Å². The van der Waals surface area contributed by atoms with Gasteiger partial charge in [0.15, 0.2) is 5.78 Å². The molecule has 0 spiro atoms. The first-order valence-electron chi connectivity index (χ1n) is 13.2. The van der Waals surface area contributed by atoms with E-state index in [-0.39, 0.29) is 41.5 Å². The Kier molecular flexibility index (Phi) is 8.96. The van der Waals surface area contributed by atoms with Gasteiger partial charge in [-0.05, 0) is 49.4 Å². The Morgan fingerprint density at radius 2 is 1.83 bits per heavy atom. The van der Waals surface area contributed by atoms with E-state index in [4.69, 9.17) is 4.74 Å². The number of anilines is 1. The second-order valence-electron chi connectivity index (χ2n) is 10.2. The highest BCUT2D eigenvalue weighted by Gasteiger charge is 2.53. The van der Waals surface area contributed by atoms with Crippen LogP contribution in [0.5, 0.6) is 0 Å². The van der Waals surface area contributed by atoms with Crippen LogP contribution in [0.3, 0.4) is 0 Å². The summed E-state index contributed by atoms with van der Waals surface area (Å²) in [7, 11) is 0. The van der Waals surface area contributed by atoms with Gasteiger partial charge in [-0.3, -0.25) is 19.3 Å². The maximum atomic E-state index is 13.7. The number of amides is 2. The van der Waals surface area contributed by atoms with E-state index < -0.39 is 12.1 Å². The van der Waals surface area contributed by atoms with Gasteiger partial charge in [0.25, 0.3) is 5.91 Å². The first kappa shape index (κ1) is 26.9. The van der Waals surface area contributed by atoms with Crippen molar-refractivity contribution < 1.29 is 19.1 Å². The Morgan fingerprint density at radius 1 is 1.14 bits per heavy atom. The smallest absolute Gasteiger partial charge is 0.251 e. The van der Waals surface area contributed by atoms with Gasteiger partial charge >= 0.3 is 0 Å². The number of carbonyl (C=O) groups is 3. The van der Waals surface area contributed by atoms with Crippen molar-refractivity contribution >= 4 is 35.0 Å². The van der Waals surface area contributed by atoms with Crippen LogP contribution in [0.4, 0.5) is 5.69 Å². The molecule has 0 aliphatic carbocycles. The number of ether oxygens (including phenoxy) is 1. The lowest BCUT2D eigenvalue weighted by atomic mass is 9.96. The van der Waals surface area contributed by atoms with Crippen LogP contribution in [0.15, 0.2) is 24.3 Å². The third-order valence-electron chi connectivity index (χ3n) is 7.90. The minimum atomic E-state index is -0.691. The molecule has 1 aromatic carbocycles. The van der Waals surface area contributed by atoms with Crippen LogP contribution >= 0.6 is 11.8 Å². The van der Waals surface area contributed by atoms with Crippen molar-refractivity contribution in [1.29, 1.82) is 0 Å². The van der Waals surface area contributed by atoms with Crippen LogP contribution in [-0.2, 0) is 14.3 Å². The number of Topliss-reactive ketones (excluding diaryl/α,β-unsaturated/α-hetero) is 1. The Bertz CT molecular complexity index is 934. The summed E-state index contributed by atoms with van der Waals surface area (Å²) in [5.41, 5.74) is 1.65. The molecule has 0 bridgehead atoms. The molecule has 0 unspecified atom stereocenters. The summed E-state index contributed by atoms with van der Waals surface area (Å²) in [6.07, 6.45) is 3.62. The summed E-state index contributed by atoms with van der Waals surface area (Å²) in [6, 6.07) is 6.43. The van der Waals surface area contributed by atoms with Crippen LogP contribution in [0.1, 0.15) is 44.0 Å². The van der Waals surface area contributed by atoms with Crippen LogP contribution in [0.2, 0.25) is 0 Å². The van der Waals surface area contributed by atoms with E-state index in [2.05, 4.69) is 22.0 Å². The topological polar surface area (TPSA) is 82.2 Å². The lowest BCUT2D eigenvalue weighted by Crippen LogP contribution is -2.54. The number of likely N-dealkylation sites (tertiary alicyclic amines) is 1. The number of fused-ring (bicyclic) bond motifs is 1. The molecule has 198 valence electrons. The van der Waals surface area contributed by atoms with E-state index in [1.807, 2.05) is 44.4 Å². The molecule has 5 atom stereocenters. The molecule has 1 N–H and O–H groups in total. The summed E-state index contributed by atoms with van der Waals surface area (Å²) in [5, 5.41) is 3.06. The Morgan fingerprint density at radius 3 is 2.44 bits per heavy atom. The van der Waals surface area contributed by atoms with Crippen LogP contribution < -0.4 is 10.2 Å². The average molecular weight is 517 g/mol. The quantitative estimate of drug-likeness (QED) is 0.539. The number of rotatable bonds is 9. The standard InChI is InChI=1S/C27H40N4O4S/c1-5-11-29-12-14-30(15-13-29)20-9-7-19(8-10-20)26(33)28-23(18(3)6-2)27(34)31-16-22(36-4)25-24(31)21(32)17-35-25/h7-10,18,22-25H,5-6,11-17H2,1-4H3,(H,28,33)/t18-,22-,23-,24+,25+/m0/s1. The van der Waals surface area contributed by atoms with Crippen LogP contribution in [0, 0.1) is 5.92 Å². The SMILES string of the molecule is CCCN1CCN(c2ccc(C(=O)N[C@H](C(=O)N3C[C@H](SC)[C@H]4OCC(=O)[C@H]43)[C@@H](C)CC)cc2)CC1. The highest BCUT2D eigenvalue weighted by Crippen LogP contribution is 2.34. The van der Waals surface area contributed by atoms with E-state index in [0.29, 0.717) is 12.1 Å². The Hall–Kier alpha value is -2.10. The highest BCUT2D eigenvalue weighted by atomic mass is 32.2. The molecule has 3 saturated heterocycles. The number of carbonyl (C=O) groups excluding carboxylic acids is 3.